The Bertz CT molecular complexity index is 427. The van der Waals surface area contributed by atoms with Crippen LogP contribution in [0.2, 0.25) is 0 Å². The minimum atomic E-state index is -0.728. The Labute approximate surface area is 87.0 Å². The third kappa shape index (κ3) is 2.19. The summed E-state index contributed by atoms with van der Waals surface area (Å²) >= 11 is 0. The third-order valence-corrected chi connectivity index (χ3v) is 2.21. The molecule has 3 heteroatoms. The Morgan fingerprint density at radius 2 is 1.47 bits per heavy atom. The molecule has 0 aliphatic carbocycles. The number of halogens is 1. The van der Waals surface area contributed by atoms with Crippen LogP contribution in [0.5, 0.6) is 0 Å². The summed E-state index contributed by atoms with van der Waals surface area (Å²) in [5, 5.41) is 9.93. The van der Waals surface area contributed by atoms with E-state index in [-0.39, 0.29) is 5.82 Å². The smallest absolute Gasteiger partial charge is 0.123 e. The van der Waals surface area contributed by atoms with Gasteiger partial charge < -0.3 is 5.11 Å². The quantitative estimate of drug-likeness (QED) is 0.812. The molecule has 76 valence electrons. The molecule has 0 saturated heterocycles. The Morgan fingerprint density at radius 3 is 2.07 bits per heavy atom. The lowest BCUT2D eigenvalue weighted by atomic mass is 10.0. The molecule has 1 N–H and O–H groups in total. The maximum atomic E-state index is 12.7. The summed E-state index contributed by atoms with van der Waals surface area (Å²) in [5.41, 5.74) is 1.42. The van der Waals surface area contributed by atoms with Crippen LogP contribution < -0.4 is 0 Å². The molecule has 1 atom stereocenters. The zero-order valence-electron chi connectivity index (χ0n) is 7.97. The lowest BCUT2D eigenvalue weighted by Crippen LogP contribution is -1.99. The van der Waals surface area contributed by atoms with Crippen molar-refractivity contribution >= 4 is 0 Å². The van der Waals surface area contributed by atoms with E-state index < -0.39 is 6.10 Å². The molecule has 1 aromatic heterocycles. The summed E-state index contributed by atoms with van der Waals surface area (Å²) in [7, 11) is 0. The van der Waals surface area contributed by atoms with E-state index in [9.17, 15) is 9.50 Å². The second-order valence-corrected chi connectivity index (χ2v) is 3.23. The van der Waals surface area contributed by atoms with Crippen molar-refractivity contribution < 1.29 is 9.50 Å². The monoisotopic (exact) mass is 203 g/mol. The van der Waals surface area contributed by atoms with E-state index in [2.05, 4.69) is 4.98 Å². The fourth-order valence-electron chi connectivity index (χ4n) is 1.38. The van der Waals surface area contributed by atoms with Crippen LogP contribution in [0.3, 0.4) is 0 Å². The van der Waals surface area contributed by atoms with Crippen molar-refractivity contribution in [3.8, 4) is 0 Å². The van der Waals surface area contributed by atoms with E-state index in [0.29, 0.717) is 5.56 Å². The zero-order valence-corrected chi connectivity index (χ0v) is 7.97. The van der Waals surface area contributed by atoms with Crippen LogP contribution in [0.4, 0.5) is 4.39 Å². The normalized spacial score (nSPS) is 12.4. The van der Waals surface area contributed by atoms with Crippen LogP contribution in [0.25, 0.3) is 0 Å². The van der Waals surface area contributed by atoms with E-state index in [1.54, 1.807) is 36.7 Å². The highest BCUT2D eigenvalue weighted by Crippen LogP contribution is 2.20. The Hall–Kier alpha value is -1.74. The third-order valence-electron chi connectivity index (χ3n) is 2.21. The van der Waals surface area contributed by atoms with Gasteiger partial charge in [0.25, 0.3) is 0 Å². The van der Waals surface area contributed by atoms with Gasteiger partial charge in [0.05, 0.1) is 0 Å². The van der Waals surface area contributed by atoms with Crippen molar-refractivity contribution in [1.82, 2.24) is 4.98 Å². The highest BCUT2D eigenvalue weighted by atomic mass is 19.1. The fourth-order valence-corrected chi connectivity index (χ4v) is 1.38. The topological polar surface area (TPSA) is 33.1 Å². The molecule has 0 saturated carbocycles. The number of aromatic nitrogens is 1. The lowest BCUT2D eigenvalue weighted by molar-refractivity contribution is 0.220. The molecule has 2 aromatic rings. The van der Waals surface area contributed by atoms with E-state index in [1.807, 2.05) is 0 Å². The summed E-state index contributed by atoms with van der Waals surface area (Å²) in [6.07, 6.45) is 2.50. The van der Waals surface area contributed by atoms with E-state index in [4.69, 9.17) is 0 Å². The van der Waals surface area contributed by atoms with Crippen molar-refractivity contribution in [2.24, 2.45) is 0 Å². The van der Waals surface area contributed by atoms with Crippen molar-refractivity contribution in [2.45, 2.75) is 6.10 Å². The Kier molecular flexibility index (Phi) is 2.74. The van der Waals surface area contributed by atoms with Crippen LogP contribution in [0, 0.1) is 5.82 Å². The molecule has 1 aromatic carbocycles. The molecule has 0 fully saturated rings. The maximum Gasteiger partial charge on any atom is 0.123 e. The maximum absolute atomic E-state index is 12.7. The van der Waals surface area contributed by atoms with Gasteiger partial charge in [-0.2, -0.15) is 0 Å². The Balaban J connectivity index is 2.29. The molecule has 0 spiro atoms. The van der Waals surface area contributed by atoms with E-state index >= 15 is 0 Å². The van der Waals surface area contributed by atoms with E-state index in [0.717, 1.165) is 5.56 Å². The van der Waals surface area contributed by atoms with Crippen molar-refractivity contribution in [1.29, 1.82) is 0 Å². The van der Waals surface area contributed by atoms with Crippen LogP contribution in [-0.2, 0) is 0 Å². The summed E-state index contributed by atoms with van der Waals surface area (Å²) in [6, 6.07) is 9.27. The van der Waals surface area contributed by atoms with Crippen molar-refractivity contribution in [3.05, 3.63) is 65.7 Å². The van der Waals surface area contributed by atoms with Crippen molar-refractivity contribution in [2.75, 3.05) is 0 Å². The highest BCUT2D eigenvalue weighted by Gasteiger charge is 2.09. The molecule has 0 radical (unpaired) electrons. The number of pyridine rings is 1. The van der Waals surface area contributed by atoms with Crippen LogP contribution >= 0.6 is 0 Å². The van der Waals surface area contributed by atoms with Gasteiger partial charge in [-0.05, 0) is 35.4 Å². The van der Waals surface area contributed by atoms with Crippen LogP contribution in [0.15, 0.2) is 48.8 Å². The number of hydrogen-bond donors (Lipinski definition) is 1. The summed E-state index contributed by atoms with van der Waals surface area (Å²) < 4.78 is 12.7. The van der Waals surface area contributed by atoms with Gasteiger partial charge in [-0.3, -0.25) is 4.98 Å². The first-order valence-corrected chi connectivity index (χ1v) is 4.61. The zero-order chi connectivity index (χ0) is 10.7. The van der Waals surface area contributed by atoms with Gasteiger partial charge in [0.2, 0.25) is 0 Å². The fraction of sp³-hybridized carbons (Fsp3) is 0.0833. The average molecular weight is 203 g/mol. The Morgan fingerprint density at radius 1 is 0.933 bits per heavy atom. The molecule has 1 unspecified atom stereocenters. The first kappa shape index (κ1) is 9.80. The molecule has 0 amide bonds. The SMILES string of the molecule is OC(c1ccncc1)c1ccc(F)cc1. The van der Waals surface area contributed by atoms with Crippen LogP contribution in [0.1, 0.15) is 17.2 Å². The second kappa shape index (κ2) is 4.19. The molecule has 2 rings (SSSR count). The molecule has 0 bridgehead atoms. The average Bonchev–Trinajstić information content (AvgIpc) is 2.30. The first-order valence-electron chi connectivity index (χ1n) is 4.61. The van der Waals surface area contributed by atoms with Gasteiger partial charge in [-0.1, -0.05) is 12.1 Å². The minimum absolute atomic E-state index is 0.305. The van der Waals surface area contributed by atoms with Crippen molar-refractivity contribution in [3.63, 3.8) is 0 Å². The van der Waals surface area contributed by atoms with E-state index in [1.165, 1.54) is 12.1 Å². The number of hydrogen-bond acceptors (Lipinski definition) is 2. The molecule has 2 nitrogen and oxygen atoms in total. The highest BCUT2D eigenvalue weighted by molar-refractivity contribution is 5.28. The number of benzene rings is 1. The summed E-state index contributed by atoms with van der Waals surface area (Å²) in [5.74, 6) is -0.305. The van der Waals surface area contributed by atoms with Gasteiger partial charge in [0.1, 0.15) is 11.9 Å². The molecule has 15 heavy (non-hydrogen) atoms. The lowest BCUT2D eigenvalue weighted by Gasteiger charge is -2.10. The van der Waals surface area contributed by atoms with Gasteiger partial charge in [-0.25, -0.2) is 4.39 Å². The summed E-state index contributed by atoms with van der Waals surface area (Å²) in [6.45, 7) is 0. The van der Waals surface area contributed by atoms with Gasteiger partial charge in [-0.15, -0.1) is 0 Å². The molecular formula is C12H10FNO. The predicted octanol–water partition coefficient (Wildman–Crippen LogP) is 2.30. The minimum Gasteiger partial charge on any atom is -0.384 e. The predicted molar refractivity (Wildman–Crippen MR) is 54.7 cm³/mol. The number of aliphatic hydroxyl groups is 1. The number of rotatable bonds is 2. The second-order valence-electron chi connectivity index (χ2n) is 3.23. The number of nitrogens with zero attached hydrogens (tertiary/aromatic N) is 1. The molecule has 1 heterocycles. The number of aliphatic hydroxyl groups excluding tert-OH is 1. The van der Waals surface area contributed by atoms with Crippen LogP contribution in [-0.4, -0.2) is 10.1 Å². The largest absolute Gasteiger partial charge is 0.384 e. The molecule has 0 aliphatic heterocycles. The van der Waals surface area contributed by atoms with Gasteiger partial charge in [0.15, 0.2) is 0 Å². The molecule has 0 aliphatic rings. The first-order chi connectivity index (χ1) is 7.27. The van der Waals surface area contributed by atoms with Gasteiger partial charge >= 0.3 is 0 Å². The van der Waals surface area contributed by atoms with Gasteiger partial charge in [0, 0.05) is 12.4 Å². The summed E-state index contributed by atoms with van der Waals surface area (Å²) in [4.78, 5) is 3.86. The standard InChI is InChI=1S/C12H10FNO/c13-11-3-1-9(2-4-11)12(15)10-5-7-14-8-6-10/h1-8,12,15H. The molecular weight excluding hydrogens is 193 g/mol.